The molecule has 0 bridgehead atoms. The van der Waals surface area contributed by atoms with Crippen molar-refractivity contribution in [3.05, 3.63) is 0 Å². The van der Waals surface area contributed by atoms with Gasteiger partial charge in [0.25, 0.3) is 0 Å². The van der Waals surface area contributed by atoms with Crippen LogP contribution in [0.15, 0.2) is 0 Å². The van der Waals surface area contributed by atoms with Gasteiger partial charge in [0.05, 0.1) is 7.11 Å². The second-order valence-electron chi connectivity index (χ2n) is 11.8. The molecule has 3 unspecified atom stereocenters. The molecule has 0 saturated heterocycles. The van der Waals surface area contributed by atoms with Crippen molar-refractivity contribution in [2.24, 2.45) is 52.3 Å². The van der Waals surface area contributed by atoms with Gasteiger partial charge in [-0.2, -0.15) is 0 Å². The minimum Gasteiger partial charge on any atom is -0.469 e. The van der Waals surface area contributed by atoms with Gasteiger partial charge in [-0.25, -0.2) is 0 Å². The summed E-state index contributed by atoms with van der Waals surface area (Å²) >= 11 is 0. The summed E-state index contributed by atoms with van der Waals surface area (Å²) in [5.41, 5.74) is -0.165. The average molecular weight is 445 g/mol. The predicted molar refractivity (Wildman–Crippen MR) is 121 cm³/mol. The third kappa shape index (κ3) is 3.40. The number of Topliss-reactive ketones (excluding diaryl/α,β-unsaturated/α-hetero) is 3. The molecule has 0 amide bonds. The van der Waals surface area contributed by atoms with Gasteiger partial charge >= 0.3 is 5.97 Å². The Labute approximate surface area is 192 Å². The number of rotatable bonds is 5. The smallest absolute Gasteiger partial charge is 0.305 e. The lowest BCUT2D eigenvalue weighted by Crippen LogP contribution is -2.60. The molecule has 0 aromatic rings. The standard InChI is InChI=1S/C27H40O5/c1-6-17-19-13-16(28)9-11-26(19,3)18-10-12-27(4)20(23(18)25(17)31)14-21(29)24(27)15(2)7-8-22(30)32-5/h15,17-20,23-24H,6-14H2,1-5H3/t15-,17-,18?,19+,20?,23?,24+,26-,27+/m1/s1. The lowest BCUT2D eigenvalue weighted by atomic mass is 9.42. The van der Waals surface area contributed by atoms with Gasteiger partial charge in [0.15, 0.2) is 0 Å². The molecule has 0 N–H and O–H groups in total. The van der Waals surface area contributed by atoms with Gasteiger partial charge in [0.2, 0.25) is 0 Å². The van der Waals surface area contributed by atoms with Crippen LogP contribution in [0, 0.1) is 52.3 Å². The molecule has 4 saturated carbocycles. The first kappa shape index (κ1) is 23.6. The van der Waals surface area contributed by atoms with Crippen LogP contribution in [0.5, 0.6) is 0 Å². The number of carbonyl (C=O) groups excluding carboxylic acids is 4. The molecular formula is C27H40O5. The van der Waals surface area contributed by atoms with Crippen LogP contribution in [0.25, 0.3) is 0 Å². The first-order valence-electron chi connectivity index (χ1n) is 12.7. The Morgan fingerprint density at radius 1 is 1.06 bits per heavy atom. The van der Waals surface area contributed by atoms with Crippen molar-refractivity contribution in [2.45, 2.75) is 85.5 Å². The second-order valence-corrected chi connectivity index (χ2v) is 11.8. The number of hydrogen-bond acceptors (Lipinski definition) is 5. The van der Waals surface area contributed by atoms with Crippen molar-refractivity contribution < 1.29 is 23.9 Å². The van der Waals surface area contributed by atoms with Crippen molar-refractivity contribution >= 4 is 23.3 Å². The Hall–Kier alpha value is -1.52. The number of fused-ring (bicyclic) bond motifs is 5. The summed E-state index contributed by atoms with van der Waals surface area (Å²) in [7, 11) is 1.40. The quantitative estimate of drug-likeness (QED) is 0.569. The van der Waals surface area contributed by atoms with Crippen molar-refractivity contribution in [1.82, 2.24) is 0 Å². The Morgan fingerprint density at radius 2 is 1.78 bits per heavy atom. The maximum Gasteiger partial charge on any atom is 0.305 e. The molecule has 0 radical (unpaired) electrons. The van der Waals surface area contributed by atoms with Gasteiger partial charge in [-0.3, -0.25) is 19.2 Å². The molecule has 4 rings (SSSR count). The number of ether oxygens (including phenoxy) is 1. The number of ketones is 3. The van der Waals surface area contributed by atoms with Crippen LogP contribution < -0.4 is 0 Å². The maximum atomic E-state index is 13.9. The Kier molecular flexibility index (Phi) is 6.17. The number of methoxy groups -OCH3 is 1. The van der Waals surface area contributed by atoms with Gasteiger partial charge in [0, 0.05) is 43.4 Å². The zero-order chi connectivity index (χ0) is 23.4. The minimum absolute atomic E-state index is 0.0200. The third-order valence-corrected chi connectivity index (χ3v) is 10.5. The van der Waals surface area contributed by atoms with Crippen LogP contribution in [0.3, 0.4) is 0 Å². The highest BCUT2D eigenvalue weighted by Crippen LogP contribution is 2.67. The summed E-state index contributed by atoms with van der Waals surface area (Å²) in [6.45, 7) is 8.76. The van der Waals surface area contributed by atoms with E-state index in [1.165, 1.54) is 7.11 Å². The number of esters is 1. The van der Waals surface area contributed by atoms with Crippen LogP contribution in [0.1, 0.15) is 85.5 Å². The molecule has 0 spiro atoms. The Balaban J connectivity index is 1.65. The molecule has 5 nitrogen and oxygen atoms in total. The monoisotopic (exact) mass is 444 g/mol. The van der Waals surface area contributed by atoms with E-state index in [1.54, 1.807) is 0 Å². The van der Waals surface area contributed by atoms with Gasteiger partial charge < -0.3 is 4.74 Å². The predicted octanol–water partition coefficient (Wildman–Crippen LogP) is 4.80. The molecule has 0 heterocycles. The molecule has 9 atom stereocenters. The summed E-state index contributed by atoms with van der Waals surface area (Å²) in [6.07, 6.45) is 6.25. The Bertz CT molecular complexity index is 817. The van der Waals surface area contributed by atoms with E-state index in [-0.39, 0.29) is 64.0 Å². The fraction of sp³-hybridized carbons (Fsp3) is 0.852. The minimum atomic E-state index is -0.230. The highest BCUT2D eigenvalue weighted by atomic mass is 16.5. The number of carbonyl (C=O) groups is 4. The summed E-state index contributed by atoms with van der Waals surface area (Å²) < 4.78 is 4.81. The molecule has 178 valence electrons. The summed E-state index contributed by atoms with van der Waals surface area (Å²) in [5.74, 6) is 1.13. The number of hydrogen-bond donors (Lipinski definition) is 0. The van der Waals surface area contributed by atoms with E-state index in [9.17, 15) is 19.2 Å². The topological polar surface area (TPSA) is 77.5 Å². The van der Waals surface area contributed by atoms with E-state index in [2.05, 4.69) is 27.7 Å². The molecule has 0 aromatic heterocycles. The summed E-state index contributed by atoms with van der Waals surface area (Å²) in [4.78, 5) is 51.3. The first-order valence-corrected chi connectivity index (χ1v) is 12.7. The molecule has 4 aliphatic rings. The van der Waals surface area contributed by atoms with Crippen molar-refractivity contribution in [2.75, 3.05) is 7.11 Å². The van der Waals surface area contributed by atoms with Gasteiger partial charge in [-0.1, -0.05) is 27.7 Å². The molecule has 4 fully saturated rings. The Morgan fingerprint density at radius 3 is 2.44 bits per heavy atom. The molecule has 0 aliphatic heterocycles. The lowest BCUT2D eigenvalue weighted by molar-refractivity contribution is -0.170. The normalized spacial score (nSPS) is 44.5. The van der Waals surface area contributed by atoms with E-state index in [1.807, 2.05) is 0 Å². The maximum absolute atomic E-state index is 13.9. The second kappa shape index (κ2) is 8.36. The van der Waals surface area contributed by atoms with E-state index >= 15 is 0 Å². The van der Waals surface area contributed by atoms with E-state index in [0.29, 0.717) is 43.7 Å². The zero-order valence-corrected chi connectivity index (χ0v) is 20.4. The van der Waals surface area contributed by atoms with Gasteiger partial charge in [-0.05, 0) is 66.6 Å². The van der Waals surface area contributed by atoms with E-state index in [4.69, 9.17) is 4.74 Å². The highest BCUT2D eigenvalue weighted by molar-refractivity contribution is 5.91. The fourth-order valence-electron chi connectivity index (χ4n) is 8.87. The van der Waals surface area contributed by atoms with Crippen LogP contribution in [-0.2, 0) is 23.9 Å². The molecule has 5 heteroatoms. The van der Waals surface area contributed by atoms with Crippen molar-refractivity contribution in [1.29, 1.82) is 0 Å². The average Bonchev–Trinajstić information content (AvgIpc) is 3.03. The largest absolute Gasteiger partial charge is 0.469 e. The zero-order valence-electron chi connectivity index (χ0n) is 20.4. The van der Waals surface area contributed by atoms with Crippen molar-refractivity contribution in [3.63, 3.8) is 0 Å². The first-order chi connectivity index (χ1) is 15.1. The van der Waals surface area contributed by atoms with E-state index < -0.39 is 0 Å². The molecule has 0 aromatic carbocycles. The SMILES string of the molecule is CC[C@H]1C(=O)C2C3CC(=O)[C@H]([C@H](C)CCC(=O)OC)[C@@]3(C)CCC2[C@@]2(C)CCC(=O)C[C@@H]12. The summed E-state index contributed by atoms with van der Waals surface area (Å²) in [6, 6.07) is 0. The van der Waals surface area contributed by atoms with Crippen LogP contribution >= 0.6 is 0 Å². The lowest BCUT2D eigenvalue weighted by Gasteiger charge is -2.61. The molecule has 32 heavy (non-hydrogen) atoms. The van der Waals surface area contributed by atoms with E-state index in [0.717, 1.165) is 25.7 Å². The highest BCUT2D eigenvalue weighted by Gasteiger charge is 2.66. The van der Waals surface area contributed by atoms with Gasteiger partial charge in [0.1, 0.15) is 17.3 Å². The third-order valence-electron chi connectivity index (χ3n) is 10.5. The van der Waals surface area contributed by atoms with Crippen LogP contribution in [0.4, 0.5) is 0 Å². The van der Waals surface area contributed by atoms with Crippen molar-refractivity contribution in [3.8, 4) is 0 Å². The van der Waals surface area contributed by atoms with Crippen LogP contribution in [-0.4, -0.2) is 30.4 Å². The summed E-state index contributed by atoms with van der Waals surface area (Å²) in [5, 5.41) is 0. The fourth-order valence-corrected chi connectivity index (χ4v) is 8.87. The molecule has 4 aliphatic carbocycles. The van der Waals surface area contributed by atoms with Gasteiger partial charge in [-0.15, -0.1) is 0 Å². The molecular weight excluding hydrogens is 404 g/mol. The van der Waals surface area contributed by atoms with Crippen LogP contribution in [0.2, 0.25) is 0 Å².